The number of methoxy groups -OCH3 is 3. The molecule has 3 aromatic heterocycles. The van der Waals surface area contributed by atoms with Gasteiger partial charge in [-0.25, -0.2) is 14.4 Å². The first kappa shape index (κ1) is 117. The summed E-state index contributed by atoms with van der Waals surface area (Å²) < 4.78 is 41.3. The van der Waals surface area contributed by atoms with Gasteiger partial charge in [0.25, 0.3) is 16.7 Å². The third-order valence-electron chi connectivity index (χ3n) is 22.7. The van der Waals surface area contributed by atoms with Gasteiger partial charge in [-0.05, 0) is 259 Å². The topological polar surface area (TPSA) is 477 Å². The quantitative estimate of drug-likeness (QED) is 0.0128. The first-order valence-corrected chi connectivity index (χ1v) is 48.6. The highest BCUT2D eigenvalue weighted by Crippen LogP contribution is 2.26. The lowest BCUT2D eigenvalue weighted by Crippen LogP contribution is -2.47. The van der Waals surface area contributed by atoms with Gasteiger partial charge in [-0.3, -0.25) is 52.7 Å². The van der Waals surface area contributed by atoms with Crippen molar-refractivity contribution >= 4 is 93.5 Å². The largest absolute Gasteiger partial charge is 0.497 e. The number of rotatable bonds is 37. The monoisotopic (exact) mass is 2050 g/mol. The van der Waals surface area contributed by atoms with Crippen LogP contribution in [0.15, 0.2) is 263 Å². The number of benzene rings is 9. The minimum atomic E-state index is -1.15. The molecule has 0 spiro atoms. The van der Waals surface area contributed by atoms with Crippen LogP contribution < -0.4 is 68.5 Å². The maximum absolute atomic E-state index is 13.8. The number of aromatic nitrogens is 3. The van der Waals surface area contributed by atoms with Gasteiger partial charge in [0.05, 0.1) is 79.1 Å². The zero-order chi connectivity index (χ0) is 110. The number of hydrogen-bond acceptors (Lipinski definition) is 22. The summed E-state index contributed by atoms with van der Waals surface area (Å²) >= 11 is 0. The number of carbonyl (C=O) groups is 11. The molecule has 12 rings (SSSR count). The molecule has 0 fully saturated rings. The molecule has 11 N–H and O–H groups in total. The van der Waals surface area contributed by atoms with E-state index >= 15 is 0 Å². The number of aliphatic carboxylic acids is 3. The summed E-state index contributed by atoms with van der Waals surface area (Å²) in [5.41, 5.74) is 13.9. The number of carboxylic acid groups (broad SMARTS) is 3. The van der Waals surface area contributed by atoms with Gasteiger partial charge in [-0.15, -0.1) is 0 Å². The molecule has 0 aliphatic rings. The van der Waals surface area contributed by atoms with Gasteiger partial charge < -0.3 is 99.8 Å². The zero-order valence-electron chi connectivity index (χ0n) is 87.8. The van der Waals surface area contributed by atoms with Crippen LogP contribution in [-0.4, -0.2) is 163 Å². The molecule has 0 saturated heterocycles. The van der Waals surface area contributed by atoms with Gasteiger partial charge in [0.1, 0.15) is 74.8 Å². The van der Waals surface area contributed by atoms with Gasteiger partial charge in [0.2, 0.25) is 23.6 Å². The summed E-state index contributed by atoms with van der Waals surface area (Å²) in [4.78, 5) is 175. The summed E-state index contributed by atoms with van der Waals surface area (Å²) in [7, 11) is 4.76. The zero-order valence-corrected chi connectivity index (χ0v) is 87.8. The molecule has 0 aliphatic carbocycles. The van der Waals surface area contributed by atoms with Gasteiger partial charge in [-0.2, -0.15) is 0 Å². The predicted molar refractivity (Wildman–Crippen MR) is 572 cm³/mol. The Kier molecular flexibility index (Phi) is 42.1. The van der Waals surface area contributed by atoms with Crippen LogP contribution in [0.5, 0.6) is 17.2 Å². The van der Waals surface area contributed by atoms with Crippen LogP contribution in [0.3, 0.4) is 0 Å². The van der Waals surface area contributed by atoms with Crippen LogP contribution >= 0.6 is 0 Å². The molecule has 12 aromatic rings. The highest BCUT2D eigenvalue weighted by molar-refractivity contribution is 6.00. The molecular weight excluding hydrogens is 1920 g/mol. The second-order valence-corrected chi connectivity index (χ2v) is 40.0. The highest BCUT2D eigenvalue weighted by atomic mass is 16.6. The lowest BCUT2D eigenvalue weighted by Gasteiger charge is -2.24. The Labute approximate surface area is 871 Å². The van der Waals surface area contributed by atoms with Gasteiger partial charge in [0, 0.05) is 37.9 Å². The third-order valence-corrected chi connectivity index (χ3v) is 22.7. The molecule has 0 saturated carbocycles. The van der Waals surface area contributed by atoms with Crippen molar-refractivity contribution in [2.75, 3.05) is 37.3 Å². The molecule has 150 heavy (non-hydrogen) atoms. The number of fused-ring (bicyclic) bond motifs is 1. The number of anilines is 3. The first-order valence-electron chi connectivity index (χ1n) is 48.6. The van der Waals surface area contributed by atoms with Gasteiger partial charge >= 0.3 is 42.0 Å². The minimum absolute atomic E-state index is 0.0573. The van der Waals surface area contributed by atoms with E-state index in [-0.39, 0.29) is 109 Å². The molecule has 0 aliphatic heterocycles. The number of hydrogen-bond donors (Lipinski definition) is 10. The maximum Gasteiger partial charge on any atom is 0.408 e. The summed E-state index contributed by atoms with van der Waals surface area (Å²) in [5, 5.41) is 45.4. The van der Waals surface area contributed by atoms with E-state index < -0.39 is 94.4 Å². The summed E-state index contributed by atoms with van der Waals surface area (Å²) in [6.07, 6.45) is 4.21. The molecule has 34 heteroatoms. The number of esters is 2. The fourth-order valence-electron chi connectivity index (χ4n) is 15.3. The first-order chi connectivity index (χ1) is 70.7. The Bertz CT molecular complexity index is 6890. The molecule has 0 unspecified atom stereocenters. The number of pyridine rings is 3. The lowest BCUT2D eigenvalue weighted by atomic mass is 10.0. The number of nitrogens with one attached hydrogen (secondary N) is 6. The number of amides is 6. The number of carboxylic acids is 3. The summed E-state index contributed by atoms with van der Waals surface area (Å²) in [6, 6.07) is 64.7. The van der Waals surface area contributed by atoms with E-state index in [4.69, 9.17) is 49.1 Å². The van der Waals surface area contributed by atoms with Crippen molar-refractivity contribution in [3.8, 4) is 17.2 Å². The van der Waals surface area contributed by atoms with Crippen LogP contribution in [0.1, 0.15) is 167 Å². The van der Waals surface area contributed by atoms with Crippen molar-refractivity contribution in [2.45, 2.75) is 228 Å². The Morgan fingerprint density at radius 3 is 0.933 bits per heavy atom. The summed E-state index contributed by atoms with van der Waals surface area (Å²) in [5.74, 6) is -3.46. The number of nitrogens with two attached hydrogens (primary N) is 1. The van der Waals surface area contributed by atoms with Crippen LogP contribution in [0.25, 0.3) is 10.8 Å². The van der Waals surface area contributed by atoms with E-state index in [9.17, 15) is 72.2 Å². The van der Waals surface area contributed by atoms with Crippen molar-refractivity contribution in [1.82, 2.24) is 29.7 Å². The molecule has 3 heterocycles. The van der Waals surface area contributed by atoms with Crippen LogP contribution in [-0.2, 0) is 140 Å². The van der Waals surface area contributed by atoms with Crippen LogP contribution in [0.2, 0.25) is 0 Å². The van der Waals surface area contributed by atoms with Gasteiger partial charge in [-0.1, -0.05) is 176 Å². The average Bonchev–Trinajstić information content (AvgIpc) is 0.810. The second kappa shape index (κ2) is 54.1. The average molecular weight is 2050 g/mol. The molecule has 0 bridgehead atoms. The van der Waals surface area contributed by atoms with E-state index in [2.05, 4.69) is 31.9 Å². The number of nitrogens with zero attached hydrogens (tertiary/aromatic N) is 3. The van der Waals surface area contributed by atoms with Crippen LogP contribution in [0, 0.1) is 20.8 Å². The highest BCUT2D eigenvalue weighted by Gasteiger charge is 2.31. The summed E-state index contributed by atoms with van der Waals surface area (Å²) in [6.45, 7) is 27.3. The van der Waals surface area contributed by atoms with E-state index in [1.54, 1.807) is 238 Å². The molecule has 792 valence electrons. The molecule has 9 aromatic carbocycles. The predicted octanol–water partition coefficient (Wildman–Crippen LogP) is 15.5. The normalized spacial score (nSPS) is 12.0. The minimum Gasteiger partial charge on any atom is -0.497 e. The fourth-order valence-corrected chi connectivity index (χ4v) is 15.3. The lowest BCUT2D eigenvalue weighted by molar-refractivity contribution is -0.155. The number of carbonyl (C=O) groups excluding carboxylic acids is 8. The van der Waals surface area contributed by atoms with Crippen molar-refractivity contribution in [1.29, 1.82) is 0 Å². The fraction of sp³-hybridized carbons (Fsp3) is 0.328. The smallest absolute Gasteiger partial charge is 0.408 e. The second-order valence-electron chi connectivity index (χ2n) is 40.0. The Hall–Kier alpha value is -16.8. The standard InChI is InChI=1S/C37H35N3O6.C34H43N3O7.C25H27N3O5.C20H29NO6/c1-24-18-19-40(23-27-14-16-30(46-2)17-15-27)37(45)35(24)39-36(44)32(20-25-10-12-26(13-11-25)21-34(42)43)38-33(41)22-29-8-5-7-28-6-3-4-9-31(28)29;1-22-17-18-37(21-25-13-15-26(42-8)16-14-25)31(40)29(22)36-30(39)27(35-32(41)44-34(5,6)7)19-23-9-11-24(12-10-23)20-28(38)43-33(2,3)4;1-16-11-12-28(15-19-7-9-20(33-2)10-8-19)25(32)23(16)27-24(31)21(26)13-17-3-5-18(6-4-17)14-22(29)30;1-19(2,3)26-16(22)12-14-9-7-13(8-10-14)11-15(17(23)24)21-18(25)27-20(4,5)6/h3-19,32H,20-23H2,1-2H3,(H,38,41)(H,39,44)(H,42,43);9-18,27H,19-21H2,1-8H3,(H,35,41)(H,36,39);3-12,21H,13-15,26H2,1-2H3,(H,27,31)(H,29,30);7-10,15H,11-12H2,1-6H3,(H,21,25)(H,23,24)/t32-;27-;21-;15-/m0000/s1. The Morgan fingerprint density at radius 2 is 0.607 bits per heavy atom. The Balaban J connectivity index is 0.000000226. The van der Waals surface area contributed by atoms with Crippen LogP contribution in [0.4, 0.5) is 26.7 Å². The Morgan fingerprint density at radius 1 is 0.320 bits per heavy atom. The number of aryl methyl sites for hydroxylation is 3. The number of ether oxygens (including phenoxy) is 7. The molecular formula is C116H134N10O24. The van der Waals surface area contributed by atoms with Crippen molar-refractivity contribution < 1.29 is 101 Å². The van der Waals surface area contributed by atoms with E-state index in [1.807, 2.05) is 136 Å². The maximum atomic E-state index is 13.8. The van der Waals surface area contributed by atoms with E-state index in [0.29, 0.717) is 64.5 Å². The number of alkyl carbamates (subject to hydrolysis) is 2. The molecule has 34 nitrogen and oxygen atoms in total. The molecule has 4 atom stereocenters. The van der Waals surface area contributed by atoms with E-state index in [0.717, 1.165) is 66.6 Å². The third kappa shape index (κ3) is 38.9. The SMILES string of the molecule is CC(C)(C)OC(=O)Cc1ccc(C[C@H](NC(=O)OC(C)(C)C)C(=O)O)cc1.COc1ccc(Cn2ccc(C)c(NC(=O)[C@@H](N)Cc3ccc(CC(=O)O)cc3)c2=O)cc1.COc1ccc(Cn2ccc(C)c(NC(=O)[C@H](Cc3ccc(CC(=O)O)cc3)NC(=O)Cc3cccc4ccccc34)c2=O)cc1.COc1ccc(Cn2ccc(C)c(NC(=O)[C@H](Cc3ccc(CC(=O)OC(C)(C)C)cc3)NC(=O)OC(C)(C)C)c2=O)cc1. The van der Waals surface area contributed by atoms with Crippen molar-refractivity contribution in [2.24, 2.45) is 5.73 Å². The van der Waals surface area contributed by atoms with Crippen molar-refractivity contribution in [3.63, 3.8) is 0 Å². The molecule has 6 amide bonds. The van der Waals surface area contributed by atoms with Crippen molar-refractivity contribution in [3.05, 3.63) is 364 Å². The van der Waals surface area contributed by atoms with Gasteiger partial charge in [0.15, 0.2) is 0 Å². The van der Waals surface area contributed by atoms with E-state index in [1.165, 1.54) is 13.7 Å². The molecule has 0 radical (unpaired) electrons.